The molecule has 0 aliphatic rings. The van der Waals surface area contributed by atoms with Gasteiger partial charge < -0.3 is 5.11 Å². The highest BCUT2D eigenvalue weighted by Crippen LogP contribution is 2.25. The van der Waals surface area contributed by atoms with E-state index in [0.29, 0.717) is 5.69 Å². The third-order valence-electron chi connectivity index (χ3n) is 2.35. The second kappa shape index (κ2) is 5.43. The van der Waals surface area contributed by atoms with Gasteiger partial charge in [0.2, 0.25) is 0 Å². The number of carboxylic acids is 1. The first-order valence-corrected chi connectivity index (χ1v) is 6.04. The molecule has 8 heteroatoms. The molecule has 2 aromatic rings. The Morgan fingerprint density at radius 3 is 2.79 bits per heavy atom. The number of aliphatic carboxylic acids is 1. The molecule has 0 atom stereocenters. The first-order chi connectivity index (χ1) is 8.97. The van der Waals surface area contributed by atoms with Crippen molar-refractivity contribution < 1.29 is 18.7 Å². The van der Waals surface area contributed by atoms with Gasteiger partial charge in [-0.25, -0.2) is 13.5 Å². The van der Waals surface area contributed by atoms with Gasteiger partial charge in [-0.1, -0.05) is 5.21 Å². The number of carboxylic acid groups (broad SMARTS) is 1. The fraction of sp³-hybridized carbons (Fsp3) is 0.182. The van der Waals surface area contributed by atoms with Crippen LogP contribution in [0, 0.1) is 11.6 Å². The van der Waals surface area contributed by atoms with Crippen LogP contribution < -0.4 is 0 Å². The molecule has 0 radical (unpaired) electrons. The van der Waals surface area contributed by atoms with E-state index in [9.17, 15) is 13.6 Å². The molecule has 0 fully saturated rings. The van der Waals surface area contributed by atoms with Gasteiger partial charge in [0.15, 0.2) is 5.82 Å². The molecule has 1 aromatic carbocycles. The molecule has 0 amide bonds. The number of rotatable bonds is 4. The molecule has 1 aromatic heterocycles. The van der Waals surface area contributed by atoms with Gasteiger partial charge in [0.1, 0.15) is 11.5 Å². The van der Waals surface area contributed by atoms with Crippen molar-refractivity contribution in [2.24, 2.45) is 0 Å². The number of hydrogen-bond acceptors (Lipinski definition) is 3. The Morgan fingerprint density at radius 2 is 2.16 bits per heavy atom. The molecule has 0 saturated carbocycles. The molecule has 0 spiro atoms. The molecule has 0 aliphatic heterocycles. The Hall–Kier alpha value is -1.83. The minimum atomic E-state index is -0.955. The summed E-state index contributed by atoms with van der Waals surface area (Å²) in [5, 5.41) is 16.0. The number of benzene rings is 1. The van der Waals surface area contributed by atoms with Gasteiger partial charge in [-0.15, -0.1) is 5.10 Å². The number of aryl methyl sites for hydroxylation is 1. The van der Waals surface area contributed by atoms with Crippen LogP contribution in [-0.4, -0.2) is 26.1 Å². The second-order valence-electron chi connectivity index (χ2n) is 3.77. The molecule has 0 unspecified atom stereocenters. The fourth-order valence-electron chi connectivity index (χ4n) is 1.51. The molecule has 5 nitrogen and oxygen atoms in total. The van der Waals surface area contributed by atoms with E-state index in [0.717, 1.165) is 16.8 Å². The number of hydrogen-bond donors (Lipinski definition) is 1. The van der Waals surface area contributed by atoms with Crippen LogP contribution in [0.25, 0.3) is 5.69 Å². The van der Waals surface area contributed by atoms with E-state index in [1.54, 1.807) is 0 Å². The fourth-order valence-corrected chi connectivity index (χ4v) is 2.10. The smallest absolute Gasteiger partial charge is 0.303 e. The lowest BCUT2D eigenvalue weighted by Crippen LogP contribution is -2.01. The van der Waals surface area contributed by atoms with Gasteiger partial charge in [0.05, 0.1) is 18.3 Å². The summed E-state index contributed by atoms with van der Waals surface area (Å²) < 4.78 is 28.0. The predicted molar refractivity (Wildman–Crippen MR) is 64.9 cm³/mol. The molecule has 0 saturated heterocycles. The molecule has 0 bridgehead atoms. The monoisotopic (exact) mass is 331 g/mol. The van der Waals surface area contributed by atoms with E-state index in [-0.39, 0.29) is 23.0 Å². The van der Waals surface area contributed by atoms with Crippen LogP contribution in [0.15, 0.2) is 22.8 Å². The predicted octanol–water partition coefficient (Wildman–Crippen LogP) is 2.33. The van der Waals surface area contributed by atoms with Crippen molar-refractivity contribution in [2.45, 2.75) is 12.8 Å². The third kappa shape index (κ3) is 3.14. The maximum atomic E-state index is 13.7. The minimum Gasteiger partial charge on any atom is -0.481 e. The Labute approximate surface area is 115 Å². The van der Waals surface area contributed by atoms with Crippen LogP contribution >= 0.6 is 15.9 Å². The lowest BCUT2D eigenvalue weighted by atomic mass is 10.2. The number of aromatic nitrogens is 3. The molecule has 0 aliphatic carbocycles. The largest absolute Gasteiger partial charge is 0.481 e. The Bertz CT molecular complexity index is 607. The summed E-state index contributed by atoms with van der Waals surface area (Å²) in [5.41, 5.74) is 0.438. The van der Waals surface area contributed by atoms with Crippen LogP contribution in [0.1, 0.15) is 12.1 Å². The van der Waals surface area contributed by atoms with Gasteiger partial charge in [-0.2, -0.15) is 0 Å². The highest BCUT2D eigenvalue weighted by atomic mass is 79.9. The average molecular weight is 332 g/mol. The Balaban J connectivity index is 2.30. The zero-order chi connectivity index (χ0) is 14.0. The maximum absolute atomic E-state index is 13.7. The summed E-state index contributed by atoms with van der Waals surface area (Å²) in [5.74, 6) is -2.45. The maximum Gasteiger partial charge on any atom is 0.303 e. The average Bonchev–Trinajstić information content (AvgIpc) is 2.73. The molecule has 19 heavy (non-hydrogen) atoms. The summed E-state index contributed by atoms with van der Waals surface area (Å²) >= 11 is 3.04. The zero-order valence-corrected chi connectivity index (χ0v) is 11.1. The topological polar surface area (TPSA) is 68.0 Å². The molecule has 2 rings (SSSR count). The first kappa shape index (κ1) is 13.6. The van der Waals surface area contributed by atoms with E-state index >= 15 is 0 Å². The van der Waals surface area contributed by atoms with Crippen molar-refractivity contribution in [2.75, 3.05) is 0 Å². The van der Waals surface area contributed by atoms with Crippen molar-refractivity contribution in [1.29, 1.82) is 0 Å². The van der Waals surface area contributed by atoms with Crippen molar-refractivity contribution in [3.8, 4) is 5.69 Å². The van der Waals surface area contributed by atoms with E-state index in [1.807, 2.05) is 0 Å². The summed E-state index contributed by atoms with van der Waals surface area (Å²) in [6.45, 7) is 0. The molecule has 1 heterocycles. The summed E-state index contributed by atoms with van der Waals surface area (Å²) in [4.78, 5) is 10.4. The second-order valence-corrected chi connectivity index (χ2v) is 4.62. The van der Waals surface area contributed by atoms with Crippen LogP contribution in [0.4, 0.5) is 8.78 Å². The van der Waals surface area contributed by atoms with Gasteiger partial charge in [-0.3, -0.25) is 4.79 Å². The van der Waals surface area contributed by atoms with Gasteiger partial charge in [0.25, 0.3) is 0 Å². The summed E-state index contributed by atoms with van der Waals surface area (Å²) in [6.07, 6.45) is 1.51. The lowest BCUT2D eigenvalue weighted by Gasteiger charge is -2.05. The van der Waals surface area contributed by atoms with Gasteiger partial charge in [-0.05, 0) is 22.0 Å². The van der Waals surface area contributed by atoms with E-state index in [2.05, 4.69) is 26.2 Å². The molecule has 100 valence electrons. The standard InChI is InChI=1S/C11H8BrF2N3O2/c12-8-3-6(13)4-9(14)11(8)17-5-7(15-16-17)1-2-10(18)19/h3-5H,1-2H2,(H,18,19). The minimum absolute atomic E-state index is 0.0236. The molecular formula is C11H8BrF2N3O2. The lowest BCUT2D eigenvalue weighted by molar-refractivity contribution is -0.136. The Morgan fingerprint density at radius 1 is 1.42 bits per heavy atom. The van der Waals surface area contributed by atoms with Crippen LogP contribution in [0.2, 0.25) is 0 Å². The highest BCUT2D eigenvalue weighted by Gasteiger charge is 2.14. The zero-order valence-electron chi connectivity index (χ0n) is 9.48. The van der Waals surface area contributed by atoms with E-state index in [4.69, 9.17) is 5.11 Å². The number of carbonyl (C=O) groups is 1. The van der Waals surface area contributed by atoms with Crippen LogP contribution in [0.5, 0.6) is 0 Å². The van der Waals surface area contributed by atoms with E-state index < -0.39 is 17.6 Å². The van der Waals surface area contributed by atoms with Crippen molar-refractivity contribution in [3.05, 3.63) is 40.1 Å². The SMILES string of the molecule is O=C(O)CCc1cn(-c2c(F)cc(F)cc2Br)nn1. The van der Waals surface area contributed by atoms with Gasteiger partial charge >= 0.3 is 5.97 Å². The van der Waals surface area contributed by atoms with Crippen LogP contribution in [0.3, 0.4) is 0 Å². The van der Waals surface area contributed by atoms with E-state index in [1.165, 1.54) is 6.20 Å². The van der Waals surface area contributed by atoms with Gasteiger partial charge in [0, 0.05) is 17.0 Å². The van der Waals surface area contributed by atoms with Crippen molar-refractivity contribution in [1.82, 2.24) is 15.0 Å². The number of halogens is 3. The summed E-state index contributed by atoms with van der Waals surface area (Å²) in [6, 6.07) is 1.84. The molecule has 1 N–H and O–H groups in total. The third-order valence-corrected chi connectivity index (χ3v) is 2.95. The van der Waals surface area contributed by atoms with Crippen LogP contribution in [-0.2, 0) is 11.2 Å². The van der Waals surface area contributed by atoms with Crippen molar-refractivity contribution >= 4 is 21.9 Å². The quantitative estimate of drug-likeness (QED) is 0.933. The summed E-state index contributed by atoms with van der Waals surface area (Å²) in [7, 11) is 0. The Kier molecular flexibility index (Phi) is 3.89. The molecular weight excluding hydrogens is 324 g/mol. The normalized spacial score (nSPS) is 10.7. The highest BCUT2D eigenvalue weighted by molar-refractivity contribution is 9.10. The number of nitrogens with zero attached hydrogens (tertiary/aromatic N) is 3. The van der Waals surface area contributed by atoms with Crippen molar-refractivity contribution in [3.63, 3.8) is 0 Å². The first-order valence-electron chi connectivity index (χ1n) is 5.25.